The highest BCUT2D eigenvalue weighted by Crippen LogP contribution is 2.21. The molecular formula is C15H15BrN2O. The maximum Gasteiger partial charge on any atom is 0.258 e. The van der Waals surface area contributed by atoms with Crippen molar-refractivity contribution in [3.63, 3.8) is 0 Å². The second-order valence-corrected chi connectivity index (χ2v) is 5.28. The first-order valence-electron chi connectivity index (χ1n) is 5.89. The van der Waals surface area contributed by atoms with Gasteiger partial charge in [-0.3, -0.25) is 4.79 Å². The summed E-state index contributed by atoms with van der Waals surface area (Å²) in [4.78, 5) is 14.0. The van der Waals surface area contributed by atoms with Crippen LogP contribution in [0.2, 0.25) is 0 Å². The average molecular weight is 319 g/mol. The third kappa shape index (κ3) is 2.96. The standard InChI is InChI=1S/C15H15BrN2O/c1-10-6-7-11(8-14(10)16)15(19)18(2)13-5-3-4-12(17)9-13/h3-9H,17H2,1-2H3. The van der Waals surface area contributed by atoms with Crippen LogP contribution in [-0.4, -0.2) is 13.0 Å². The molecule has 0 spiro atoms. The van der Waals surface area contributed by atoms with Gasteiger partial charge in [-0.05, 0) is 42.8 Å². The molecule has 0 bridgehead atoms. The van der Waals surface area contributed by atoms with Gasteiger partial charge in [-0.1, -0.05) is 28.1 Å². The smallest absolute Gasteiger partial charge is 0.258 e. The Labute approximate surface area is 121 Å². The molecule has 2 aromatic carbocycles. The number of benzene rings is 2. The van der Waals surface area contributed by atoms with Gasteiger partial charge in [0.2, 0.25) is 0 Å². The topological polar surface area (TPSA) is 46.3 Å². The summed E-state index contributed by atoms with van der Waals surface area (Å²) in [6, 6.07) is 12.8. The number of carbonyl (C=O) groups is 1. The number of hydrogen-bond acceptors (Lipinski definition) is 2. The second-order valence-electron chi connectivity index (χ2n) is 4.42. The monoisotopic (exact) mass is 318 g/mol. The lowest BCUT2D eigenvalue weighted by atomic mass is 10.1. The molecule has 0 saturated heterocycles. The molecule has 19 heavy (non-hydrogen) atoms. The van der Waals surface area contributed by atoms with Gasteiger partial charge in [-0.2, -0.15) is 0 Å². The lowest BCUT2D eigenvalue weighted by Crippen LogP contribution is -2.26. The van der Waals surface area contributed by atoms with Gasteiger partial charge in [0.1, 0.15) is 0 Å². The van der Waals surface area contributed by atoms with Crippen molar-refractivity contribution in [2.45, 2.75) is 6.92 Å². The first-order valence-corrected chi connectivity index (χ1v) is 6.68. The highest BCUT2D eigenvalue weighted by atomic mass is 79.9. The molecule has 0 radical (unpaired) electrons. The molecule has 2 aromatic rings. The maximum absolute atomic E-state index is 12.4. The number of halogens is 1. The fourth-order valence-electron chi connectivity index (χ4n) is 1.77. The van der Waals surface area contributed by atoms with E-state index in [0.29, 0.717) is 11.3 Å². The van der Waals surface area contributed by atoms with Crippen LogP contribution in [0.1, 0.15) is 15.9 Å². The molecule has 2 rings (SSSR count). The van der Waals surface area contributed by atoms with Gasteiger partial charge in [0.05, 0.1) is 0 Å². The Balaban J connectivity index is 2.30. The molecule has 0 aromatic heterocycles. The van der Waals surface area contributed by atoms with Crippen LogP contribution in [0.4, 0.5) is 11.4 Å². The average Bonchev–Trinajstić information content (AvgIpc) is 2.40. The number of nitrogens with zero attached hydrogens (tertiary/aromatic N) is 1. The van der Waals surface area contributed by atoms with Gasteiger partial charge < -0.3 is 10.6 Å². The van der Waals surface area contributed by atoms with E-state index in [0.717, 1.165) is 15.7 Å². The van der Waals surface area contributed by atoms with Crippen molar-refractivity contribution in [1.82, 2.24) is 0 Å². The van der Waals surface area contributed by atoms with E-state index in [-0.39, 0.29) is 5.91 Å². The zero-order valence-corrected chi connectivity index (χ0v) is 12.4. The number of nitrogen functional groups attached to an aromatic ring is 1. The summed E-state index contributed by atoms with van der Waals surface area (Å²) >= 11 is 3.44. The third-order valence-corrected chi connectivity index (χ3v) is 3.84. The summed E-state index contributed by atoms with van der Waals surface area (Å²) in [5, 5.41) is 0. The van der Waals surface area contributed by atoms with Gasteiger partial charge >= 0.3 is 0 Å². The SMILES string of the molecule is Cc1ccc(C(=O)N(C)c2cccc(N)c2)cc1Br. The number of nitrogens with two attached hydrogens (primary N) is 1. The van der Waals surface area contributed by atoms with Crippen LogP contribution in [0, 0.1) is 6.92 Å². The van der Waals surface area contributed by atoms with E-state index in [1.165, 1.54) is 0 Å². The molecule has 2 N–H and O–H groups in total. The van der Waals surface area contributed by atoms with Crippen molar-refractivity contribution in [3.8, 4) is 0 Å². The van der Waals surface area contributed by atoms with Crippen LogP contribution in [0.15, 0.2) is 46.9 Å². The van der Waals surface area contributed by atoms with Gasteiger partial charge in [-0.25, -0.2) is 0 Å². The summed E-state index contributed by atoms with van der Waals surface area (Å²) in [5.74, 6) is -0.0636. The number of rotatable bonds is 2. The fraction of sp³-hybridized carbons (Fsp3) is 0.133. The van der Waals surface area contributed by atoms with Gasteiger partial charge in [-0.15, -0.1) is 0 Å². The lowest BCUT2D eigenvalue weighted by Gasteiger charge is -2.18. The number of anilines is 2. The van der Waals surface area contributed by atoms with Crippen molar-refractivity contribution in [2.24, 2.45) is 0 Å². The van der Waals surface area contributed by atoms with Crippen LogP contribution >= 0.6 is 15.9 Å². The quantitative estimate of drug-likeness (QED) is 0.860. The highest BCUT2D eigenvalue weighted by Gasteiger charge is 2.14. The Hall–Kier alpha value is -1.81. The third-order valence-electron chi connectivity index (χ3n) is 2.98. The Morgan fingerprint density at radius 1 is 1.21 bits per heavy atom. The zero-order chi connectivity index (χ0) is 14.0. The molecule has 0 heterocycles. The fourth-order valence-corrected chi connectivity index (χ4v) is 2.15. The van der Waals surface area contributed by atoms with Crippen LogP contribution in [-0.2, 0) is 0 Å². The van der Waals surface area contributed by atoms with Gasteiger partial charge in [0.25, 0.3) is 5.91 Å². The minimum atomic E-state index is -0.0636. The summed E-state index contributed by atoms with van der Waals surface area (Å²) in [6.45, 7) is 1.99. The van der Waals surface area contributed by atoms with E-state index >= 15 is 0 Å². The van der Waals surface area contributed by atoms with Crippen LogP contribution in [0.3, 0.4) is 0 Å². The summed E-state index contributed by atoms with van der Waals surface area (Å²) in [5.41, 5.74) is 8.90. The minimum Gasteiger partial charge on any atom is -0.399 e. The molecule has 4 heteroatoms. The molecule has 0 aliphatic rings. The van der Waals surface area contributed by atoms with Crippen molar-refractivity contribution in [2.75, 3.05) is 17.7 Å². The maximum atomic E-state index is 12.4. The Kier molecular flexibility index (Phi) is 3.90. The molecule has 3 nitrogen and oxygen atoms in total. The van der Waals surface area contributed by atoms with Gasteiger partial charge in [0, 0.05) is 28.5 Å². The van der Waals surface area contributed by atoms with Crippen LogP contribution in [0.25, 0.3) is 0 Å². The first kappa shape index (κ1) is 13.6. The largest absolute Gasteiger partial charge is 0.399 e. The van der Waals surface area contributed by atoms with E-state index in [1.807, 2.05) is 37.3 Å². The normalized spacial score (nSPS) is 10.3. The molecule has 0 saturated carbocycles. The summed E-state index contributed by atoms with van der Waals surface area (Å²) < 4.78 is 0.930. The minimum absolute atomic E-state index is 0.0636. The van der Waals surface area contributed by atoms with Gasteiger partial charge in [0.15, 0.2) is 0 Å². The predicted molar refractivity (Wildman–Crippen MR) is 82.5 cm³/mol. The molecule has 0 unspecified atom stereocenters. The van der Waals surface area contributed by atoms with Crippen LogP contribution in [0.5, 0.6) is 0 Å². The Bertz CT molecular complexity index is 625. The number of hydrogen-bond donors (Lipinski definition) is 1. The molecule has 98 valence electrons. The summed E-state index contributed by atoms with van der Waals surface area (Å²) in [7, 11) is 1.74. The van der Waals surface area contributed by atoms with Crippen LogP contribution < -0.4 is 10.6 Å². The van der Waals surface area contributed by atoms with E-state index < -0.39 is 0 Å². The highest BCUT2D eigenvalue weighted by molar-refractivity contribution is 9.10. The van der Waals surface area contributed by atoms with E-state index in [9.17, 15) is 4.79 Å². The number of carbonyl (C=O) groups excluding carboxylic acids is 1. The summed E-state index contributed by atoms with van der Waals surface area (Å²) in [6.07, 6.45) is 0. The van der Waals surface area contributed by atoms with Crippen molar-refractivity contribution in [1.29, 1.82) is 0 Å². The number of aryl methyl sites for hydroxylation is 1. The lowest BCUT2D eigenvalue weighted by molar-refractivity contribution is 0.0993. The number of amides is 1. The van der Waals surface area contributed by atoms with Crippen molar-refractivity contribution < 1.29 is 4.79 Å². The van der Waals surface area contributed by atoms with Crippen molar-refractivity contribution >= 4 is 33.2 Å². The molecule has 0 atom stereocenters. The van der Waals surface area contributed by atoms with E-state index in [4.69, 9.17) is 5.73 Å². The molecule has 0 aliphatic carbocycles. The second kappa shape index (κ2) is 5.45. The Morgan fingerprint density at radius 3 is 2.58 bits per heavy atom. The predicted octanol–water partition coefficient (Wildman–Crippen LogP) is 3.62. The molecule has 1 amide bonds. The Morgan fingerprint density at radius 2 is 1.95 bits per heavy atom. The molecule has 0 aliphatic heterocycles. The van der Waals surface area contributed by atoms with E-state index in [1.54, 1.807) is 24.1 Å². The molecular weight excluding hydrogens is 304 g/mol. The van der Waals surface area contributed by atoms with Crippen molar-refractivity contribution in [3.05, 3.63) is 58.1 Å². The first-order chi connectivity index (χ1) is 8.99. The van der Waals surface area contributed by atoms with E-state index in [2.05, 4.69) is 15.9 Å². The zero-order valence-electron chi connectivity index (χ0n) is 10.9. The molecule has 0 fully saturated rings.